The zero-order valence-electron chi connectivity index (χ0n) is 18.5. The lowest BCUT2D eigenvalue weighted by molar-refractivity contribution is 0.0751. The van der Waals surface area contributed by atoms with Crippen LogP contribution in [0.15, 0.2) is 66.0 Å². The predicted octanol–water partition coefficient (Wildman–Crippen LogP) is 5.71. The summed E-state index contributed by atoms with van der Waals surface area (Å²) in [4.78, 5) is 30.6. The van der Waals surface area contributed by atoms with E-state index in [0.29, 0.717) is 23.0 Å². The summed E-state index contributed by atoms with van der Waals surface area (Å²) in [6.07, 6.45) is 0. The van der Waals surface area contributed by atoms with Gasteiger partial charge < -0.3 is 15.1 Å². The van der Waals surface area contributed by atoms with E-state index in [1.807, 2.05) is 70.9 Å². The molecule has 0 unspecified atom stereocenters. The maximum atomic E-state index is 12.7. The minimum Gasteiger partial charge on any atom is -0.368 e. The number of carbonyl (C=O) groups is 2. The summed E-state index contributed by atoms with van der Waals surface area (Å²) in [6.45, 7) is 2.92. The standard InChI is InChI=1S/C25H21ClN4O2S3/c26-21-18-4-1-2-5-19(18)35-22(21)23(31)28-25(33)27-16-7-9-17(10-8-16)29-11-13-30(14-12-29)24(32)20-6-3-15-34-20/h1-10,15H,11-14H2,(H2,27,28,31,33). The molecule has 0 aliphatic carbocycles. The first-order valence-electron chi connectivity index (χ1n) is 11.0. The Balaban J connectivity index is 1.15. The molecule has 0 saturated carbocycles. The number of thiocarbonyl (C=S) groups is 1. The summed E-state index contributed by atoms with van der Waals surface area (Å²) < 4.78 is 0.953. The molecule has 1 saturated heterocycles. The van der Waals surface area contributed by atoms with Crippen LogP contribution in [0.3, 0.4) is 0 Å². The normalized spacial score (nSPS) is 13.6. The van der Waals surface area contributed by atoms with Crippen molar-refractivity contribution in [3.05, 3.63) is 80.8 Å². The van der Waals surface area contributed by atoms with E-state index in [2.05, 4.69) is 15.5 Å². The third-order valence-electron chi connectivity index (χ3n) is 5.76. The Morgan fingerprint density at radius 3 is 2.37 bits per heavy atom. The van der Waals surface area contributed by atoms with E-state index in [0.717, 1.165) is 39.4 Å². The summed E-state index contributed by atoms with van der Waals surface area (Å²) in [5.41, 5.74) is 1.85. The molecule has 178 valence electrons. The molecule has 4 aromatic rings. The Labute approximate surface area is 221 Å². The van der Waals surface area contributed by atoms with Crippen LogP contribution in [0.5, 0.6) is 0 Å². The number of hydrogen-bond donors (Lipinski definition) is 2. The van der Waals surface area contributed by atoms with Gasteiger partial charge in [0.15, 0.2) is 5.11 Å². The fourth-order valence-corrected chi connectivity index (χ4v) is 6.28. The van der Waals surface area contributed by atoms with Crippen LogP contribution in [0.1, 0.15) is 19.3 Å². The highest BCUT2D eigenvalue weighted by Gasteiger charge is 2.23. The molecule has 2 N–H and O–H groups in total. The molecule has 6 nitrogen and oxygen atoms in total. The fraction of sp³-hybridized carbons (Fsp3) is 0.160. The summed E-state index contributed by atoms with van der Waals surface area (Å²) in [6, 6.07) is 19.3. The predicted molar refractivity (Wildman–Crippen MR) is 149 cm³/mol. The molecule has 0 atom stereocenters. The van der Waals surface area contributed by atoms with Crippen LogP contribution >= 0.6 is 46.5 Å². The number of amides is 2. The largest absolute Gasteiger partial charge is 0.368 e. The van der Waals surface area contributed by atoms with Crippen molar-refractivity contribution in [1.29, 1.82) is 0 Å². The molecule has 1 aliphatic heterocycles. The van der Waals surface area contributed by atoms with Crippen molar-refractivity contribution in [3.63, 3.8) is 0 Å². The SMILES string of the molecule is O=C(NC(=S)Nc1ccc(N2CCN(C(=O)c3cccs3)CC2)cc1)c1sc2ccccc2c1Cl. The summed E-state index contributed by atoms with van der Waals surface area (Å²) >= 11 is 14.6. The number of piperazine rings is 1. The summed E-state index contributed by atoms with van der Waals surface area (Å²) in [5, 5.41) is 9.19. The number of nitrogens with zero attached hydrogens (tertiary/aromatic N) is 2. The number of carbonyl (C=O) groups excluding carboxylic acids is 2. The number of thiophene rings is 2. The van der Waals surface area contributed by atoms with Gasteiger partial charge >= 0.3 is 0 Å². The van der Waals surface area contributed by atoms with Crippen molar-refractivity contribution in [2.24, 2.45) is 0 Å². The molecule has 5 rings (SSSR count). The smallest absolute Gasteiger partial charge is 0.269 e. The molecular formula is C25H21ClN4O2S3. The molecule has 3 heterocycles. The van der Waals surface area contributed by atoms with Crippen LogP contribution in [0.25, 0.3) is 10.1 Å². The topological polar surface area (TPSA) is 64.7 Å². The second kappa shape index (κ2) is 10.3. The first kappa shape index (κ1) is 23.7. The fourth-order valence-electron chi connectivity index (χ4n) is 3.96. The van der Waals surface area contributed by atoms with Gasteiger partial charge in [-0.15, -0.1) is 22.7 Å². The highest BCUT2D eigenvalue weighted by Crippen LogP contribution is 2.35. The Bertz CT molecular complexity index is 1380. The van der Waals surface area contributed by atoms with Gasteiger partial charge in [-0.05, 0) is 54.0 Å². The lowest BCUT2D eigenvalue weighted by Gasteiger charge is -2.36. The number of anilines is 2. The molecule has 2 aromatic carbocycles. The second-order valence-electron chi connectivity index (χ2n) is 7.95. The Morgan fingerprint density at radius 2 is 1.69 bits per heavy atom. The van der Waals surface area contributed by atoms with E-state index in [-0.39, 0.29) is 16.9 Å². The van der Waals surface area contributed by atoms with E-state index >= 15 is 0 Å². The Morgan fingerprint density at radius 1 is 0.943 bits per heavy atom. The molecule has 0 radical (unpaired) electrons. The van der Waals surface area contributed by atoms with Gasteiger partial charge in [0.05, 0.1) is 9.90 Å². The van der Waals surface area contributed by atoms with Gasteiger partial charge in [0.2, 0.25) is 0 Å². The van der Waals surface area contributed by atoms with Gasteiger partial charge in [-0.25, -0.2) is 0 Å². The lowest BCUT2D eigenvalue weighted by Crippen LogP contribution is -2.48. The van der Waals surface area contributed by atoms with Crippen molar-refractivity contribution in [2.45, 2.75) is 0 Å². The lowest BCUT2D eigenvalue weighted by atomic mass is 10.2. The highest BCUT2D eigenvalue weighted by molar-refractivity contribution is 7.80. The summed E-state index contributed by atoms with van der Waals surface area (Å²) in [7, 11) is 0. The average Bonchev–Trinajstić information content (AvgIpc) is 3.53. The van der Waals surface area contributed by atoms with Crippen molar-refractivity contribution < 1.29 is 9.59 Å². The molecule has 10 heteroatoms. The number of hydrogen-bond acceptors (Lipinski definition) is 6. The van der Waals surface area contributed by atoms with Crippen LogP contribution in [0.4, 0.5) is 11.4 Å². The van der Waals surface area contributed by atoms with Crippen molar-refractivity contribution in [2.75, 3.05) is 36.4 Å². The van der Waals surface area contributed by atoms with Crippen molar-refractivity contribution >= 4 is 84.9 Å². The van der Waals surface area contributed by atoms with E-state index in [4.69, 9.17) is 23.8 Å². The maximum Gasteiger partial charge on any atom is 0.269 e. The van der Waals surface area contributed by atoms with Crippen LogP contribution in [-0.2, 0) is 0 Å². The van der Waals surface area contributed by atoms with E-state index < -0.39 is 0 Å². The van der Waals surface area contributed by atoms with Crippen LogP contribution < -0.4 is 15.5 Å². The number of halogens is 1. The number of benzene rings is 2. The van der Waals surface area contributed by atoms with Gasteiger partial charge in [0.25, 0.3) is 11.8 Å². The first-order chi connectivity index (χ1) is 17.0. The molecule has 0 spiro atoms. The van der Waals surface area contributed by atoms with Crippen LogP contribution in [-0.4, -0.2) is 48.0 Å². The quantitative estimate of drug-likeness (QED) is 0.325. The average molecular weight is 541 g/mol. The van der Waals surface area contributed by atoms with Gasteiger partial charge in [-0.2, -0.15) is 0 Å². The van der Waals surface area contributed by atoms with Gasteiger partial charge in [-0.1, -0.05) is 35.9 Å². The summed E-state index contributed by atoms with van der Waals surface area (Å²) in [5.74, 6) is -0.230. The van der Waals surface area contributed by atoms with Crippen molar-refractivity contribution in [1.82, 2.24) is 10.2 Å². The zero-order valence-corrected chi connectivity index (χ0v) is 21.7. The molecule has 2 amide bonds. The number of nitrogens with one attached hydrogen (secondary N) is 2. The monoisotopic (exact) mass is 540 g/mol. The second-order valence-corrected chi connectivity index (χ2v) is 10.7. The van der Waals surface area contributed by atoms with Crippen LogP contribution in [0.2, 0.25) is 5.02 Å². The Kier molecular flexibility index (Phi) is 7.01. The molecule has 0 bridgehead atoms. The third kappa shape index (κ3) is 5.18. The third-order valence-corrected chi connectivity index (χ3v) is 8.49. The van der Waals surface area contributed by atoms with Crippen LogP contribution in [0, 0.1) is 0 Å². The van der Waals surface area contributed by atoms with Gasteiger partial charge in [-0.3, -0.25) is 14.9 Å². The highest BCUT2D eigenvalue weighted by atomic mass is 35.5. The maximum absolute atomic E-state index is 12.7. The van der Waals surface area contributed by atoms with E-state index in [1.165, 1.54) is 22.7 Å². The number of fused-ring (bicyclic) bond motifs is 1. The van der Waals surface area contributed by atoms with Gasteiger partial charge in [0.1, 0.15) is 4.88 Å². The molecule has 1 aliphatic rings. The minimum atomic E-state index is -0.333. The van der Waals surface area contributed by atoms with Gasteiger partial charge in [0, 0.05) is 47.6 Å². The molecule has 1 fully saturated rings. The Hall–Kier alpha value is -2.98. The first-order valence-corrected chi connectivity index (χ1v) is 13.4. The zero-order chi connectivity index (χ0) is 24.4. The minimum absolute atomic E-state index is 0.103. The van der Waals surface area contributed by atoms with E-state index in [9.17, 15) is 9.59 Å². The van der Waals surface area contributed by atoms with Crippen molar-refractivity contribution in [3.8, 4) is 0 Å². The number of rotatable bonds is 4. The molecular weight excluding hydrogens is 520 g/mol. The van der Waals surface area contributed by atoms with E-state index in [1.54, 1.807) is 0 Å². The molecule has 35 heavy (non-hydrogen) atoms. The molecule has 2 aromatic heterocycles.